The molecule has 0 aliphatic rings. The number of amides is 2. The van der Waals surface area contributed by atoms with Gasteiger partial charge in [-0.1, -0.05) is 53.7 Å². The molecule has 6 heteroatoms. The Hall–Kier alpha value is -2.76. The number of hydrogen-bond donors (Lipinski definition) is 2. The smallest absolute Gasteiger partial charge is 0.307 e. The van der Waals surface area contributed by atoms with Crippen LogP contribution >= 0.6 is 23.4 Å². The molecule has 26 heavy (non-hydrogen) atoms. The van der Waals surface area contributed by atoms with Gasteiger partial charge in [0.2, 0.25) is 0 Å². The molecule has 0 unspecified atom stereocenters. The second-order valence-electron chi connectivity index (χ2n) is 5.32. The monoisotopic (exact) mass is 381 g/mol. The maximum Gasteiger partial charge on any atom is 0.339 e. The van der Waals surface area contributed by atoms with Gasteiger partial charge in [-0.25, -0.2) is 10.2 Å². The molecule has 0 saturated heterocycles. The fourth-order valence-electron chi connectivity index (χ4n) is 2.11. The molecule has 3 aromatic rings. The normalized spacial score (nSPS) is 10.7. The van der Waals surface area contributed by atoms with Crippen molar-refractivity contribution in [2.45, 2.75) is 9.79 Å². The van der Waals surface area contributed by atoms with Crippen LogP contribution in [-0.4, -0.2) is 12.2 Å². The van der Waals surface area contributed by atoms with E-state index in [2.05, 4.69) is 15.8 Å². The topological polar surface area (TPSA) is 53.5 Å². The molecule has 0 aliphatic heterocycles. The van der Waals surface area contributed by atoms with Crippen LogP contribution in [-0.2, 0) is 0 Å². The number of rotatable bonds is 5. The number of carbonyl (C=O) groups is 1. The molecule has 3 aromatic carbocycles. The van der Waals surface area contributed by atoms with Gasteiger partial charge in [0.05, 0.1) is 6.21 Å². The Labute approximate surface area is 161 Å². The van der Waals surface area contributed by atoms with Gasteiger partial charge in [0, 0.05) is 20.5 Å². The second-order valence-corrected chi connectivity index (χ2v) is 6.90. The molecule has 3 rings (SSSR count). The van der Waals surface area contributed by atoms with E-state index in [1.54, 1.807) is 30.1 Å². The van der Waals surface area contributed by atoms with Crippen molar-refractivity contribution >= 4 is 41.3 Å². The molecule has 0 fully saturated rings. The van der Waals surface area contributed by atoms with Crippen LogP contribution in [0.25, 0.3) is 0 Å². The van der Waals surface area contributed by atoms with Crippen molar-refractivity contribution in [1.29, 1.82) is 0 Å². The van der Waals surface area contributed by atoms with Crippen LogP contribution in [0.4, 0.5) is 10.5 Å². The van der Waals surface area contributed by atoms with Crippen LogP contribution in [0.15, 0.2) is 93.8 Å². The minimum Gasteiger partial charge on any atom is -0.307 e. The summed E-state index contributed by atoms with van der Waals surface area (Å²) < 4.78 is 0. The third-order valence-corrected chi connectivity index (χ3v) is 4.61. The van der Waals surface area contributed by atoms with Gasteiger partial charge in [0.1, 0.15) is 0 Å². The summed E-state index contributed by atoms with van der Waals surface area (Å²) in [4.78, 5) is 14.0. The van der Waals surface area contributed by atoms with Crippen molar-refractivity contribution in [2.75, 3.05) is 5.32 Å². The molecule has 0 aromatic heterocycles. The van der Waals surface area contributed by atoms with Crippen LogP contribution in [0.2, 0.25) is 5.02 Å². The molecular weight excluding hydrogens is 366 g/mol. The zero-order valence-electron chi connectivity index (χ0n) is 13.7. The third kappa shape index (κ3) is 5.65. The summed E-state index contributed by atoms with van der Waals surface area (Å²) in [6.45, 7) is 0. The van der Waals surface area contributed by atoms with Crippen molar-refractivity contribution < 1.29 is 4.79 Å². The molecule has 0 heterocycles. The predicted octanol–water partition coefficient (Wildman–Crippen LogP) is 5.65. The number of hydrogen-bond acceptors (Lipinski definition) is 3. The van der Waals surface area contributed by atoms with E-state index >= 15 is 0 Å². The van der Waals surface area contributed by atoms with Crippen LogP contribution in [0.1, 0.15) is 5.56 Å². The molecule has 0 bridgehead atoms. The fourth-order valence-corrected chi connectivity index (χ4v) is 3.05. The number of benzene rings is 3. The van der Waals surface area contributed by atoms with Gasteiger partial charge in [-0.05, 0) is 54.1 Å². The number of anilines is 1. The van der Waals surface area contributed by atoms with E-state index in [0.29, 0.717) is 5.69 Å². The summed E-state index contributed by atoms with van der Waals surface area (Å²) in [6.07, 6.45) is 1.60. The molecule has 0 radical (unpaired) electrons. The first-order valence-electron chi connectivity index (χ1n) is 7.88. The minimum atomic E-state index is -0.387. The molecule has 0 spiro atoms. The van der Waals surface area contributed by atoms with E-state index in [1.807, 2.05) is 66.7 Å². The summed E-state index contributed by atoms with van der Waals surface area (Å²) in [5.41, 5.74) is 4.05. The molecule has 0 saturated carbocycles. The van der Waals surface area contributed by atoms with E-state index in [9.17, 15) is 4.79 Å². The number of hydrazone groups is 1. The van der Waals surface area contributed by atoms with E-state index in [4.69, 9.17) is 11.6 Å². The van der Waals surface area contributed by atoms with Gasteiger partial charge in [0.15, 0.2) is 0 Å². The lowest BCUT2D eigenvalue weighted by Gasteiger charge is -2.04. The highest BCUT2D eigenvalue weighted by atomic mass is 35.5. The van der Waals surface area contributed by atoms with Crippen LogP contribution in [0.5, 0.6) is 0 Å². The SMILES string of the molecule is O=C(N/N=C/c1ccc(Sc2ccc(Cl)cc2)cc1)Nc1ccccc1. The molecule has 0 aliphatic carbocycles. The highest BCUT2D eigenvalue weighted by Crippen LogP contribution is 2.28. The lowest BCUT2D eigenvalue weighted by Crippen LogP contribution is -2.24. The van der Waals surface area contributed by atoms with E-state index in [-0.39, 0.29) is 6.03 Å². The van der Waals surface area contributed by atoms with Crippen molar-refractivity contribution in [3.8, 4) is 0 Å². The number of halogens is 1. The average molecular weight is 382 g/mol. The first-order valence-corrected chi connectivity index (χ1v) is 9.07. The summed E-state index contributed by atoms with van der Waals surface area (Å²) in [5, 5.41) is 7.37. The molecule has 4 nitrogen and oxygen atoms in total. The number of carbonyl (C=O) groups excluding carboxylic acids is 1. The fraction of sp³-hybridized carbons (Fsp3) is 0. The van der Waals surface area contributed by atoms with Gasteiger partial charge in [-0.15, -0.1) is 0 Å². The lowest BCUT2D eigenvalue weighted by molar-refractivity contribution is 0.252. The van der Waals surface area contributed by atoms with Crippen LogP contribution < -0.4 is 10.7 Å². The molecule has 0 atom stereocenters. The van der Waals surface area contributed by atoms with Gasteiger partial charge in [-0.2, -0.15) is 5.10 Å². The van der Waals surface area contributed by atoms with Crippen LogP contribution in [0.3, 0.4) is 0 Å². The Morgan fingerprint density at radius 1 is 0.885 bits per heavy atom. The van der Waals surface area contributed by atoms with E-state index in [1.165, 1.54) is 0 Å². The summed E-state index contributed by atoms with van der Waals surface area (Å²) in [5.74, 6) is 0. The first-order chi connectivity index (χ1) is 12.7. The zero-order valence-corrected chi connectivity index (χ0v) is 15.3. The number of para-hydroxylation sites is 1. The predicted molar refractivity (Wildman–Crippen MR) is 108 cm³/mol. The standard InChI is InChI=1S/C20H16ClN3OS/c21-16-8-12-19(13-9-16)26-18-10-6-15(7-11-18)14-22-24-20(25)23-17-4-2-1-3-5-17/h1-14H,(H2,23,24,25)/b22-14+. The number of nitrogens with one attached hydrogen (secondary N) is 2. The molecular formula is C20H16ClN3OS. The van der Waals surface area contributed by atoms with Gasteiger partial charge in [0.25, 0.3) is 0 Å². The Balaban J connectivity index is 1.51. The minimum absolute atomic E-state index is 0.387. The second kappa shape index (κ2) is 9.08. The van der Waals surface area contributed by atoms with Crippen LogP contribution in [0, 0.1) is 0 Å². The highest BCUT2D eigenvalue weighted by molar-refractivity contribution is 7.99. The van der Waals surface area contributed by atoms with Crippen molar-refractivity contribution in [1.82, 2.24) is 5.43 Å². The van der Waals surface area contributed by atoms with Crippen molar-refractivity contribution in [2.24, 2.45) is 5.10 Å². The van der Waals surface area contributed by atoms with E-state index < -0.39 is 0 Å². The van der Waals surface area contributed by atoms with Crippen molar-refractivity contribution in [3.63, 3.8) is 0 Å². The maximum absolute atomic E-state index is 11.7. The van der Waals surface area contributed by atoms with Gasteiger partial charge < -0.3 is 5.32 Å². The van der Waals surface area contributed by atoms with E-state index in [0.717, 1.165) is 20.4 Å². The average Bonchev–Trinajstić information content (AvgIpc) is 2.66. The van der Waals surface area contributed by atoms with Gasteiger partial charge >= 0.3 is 6.03 Å². The summed E-state index contributed by atoms with van der Waals surface area (Å²) in [7, 11) is 0. The Morgan fingerprint density at radius 3 is 2.15 bits per heavy atom. The third-order valence-electron chi connectivity index (χ3n) is 3.34. The summed E-state index contributed by atoms with van der Waals surface area (Å²) >= 11 is 7.55. The Kier molecular flexibility index (Phi) is 6.30. The Bertz CT molecular complexity index is 881. The quantitative estimate of drug-likeness (QED) is 0.443. The lowest BCUT2D eigenvalue weighted by atomic mass is 10.2. The Morgan fingerprint density at radius 2 is 1.50 bits per heavy atom. The highest BCUT2D eigenvalue weighted by Gasteiger charge is 1.99. The molecule has 2 amide bonds. The van der Waals surface area contributed by atoms with Crippen molar-refractivity contribution in [3.05, 3.63) is 89.4 Å². The zero-order chi connectivity index (χ0) is 18.2. The first kappa shape index (κ1) is 18.0. The number of nitrogens with zero attached hydrogens (tertiary/aromatic N) is 1. The van der Waals surface area contributed by atoms with Gasteiger partial charge in [-0.3, -0.25) is 0 Å². The largest absolute Gasteiger partial charge is 0.339 e. The maximum atomic E-state index is 11.7. The number of urea groups is 1. The molecule has 2 N–H and O–H groups in total. The molecule has 130 valence electrons. The summed E-state index contributed by atoms with van der Waals surface area (Å²) in [6, 6.07) is 24.4.